The fraction of sp³-hybridized carbons (Fsp3) is 0.292. The number of hydrogen-bond donors (Lipinski definition) is 1. The van der Waals surface area contributed by atoms with Crippen LogP contribution in [0.1, 0.15) is 36.3 Å². The first kappa shape index (κ1) is 21.8. The van der Waals surface area contributed by atoms with Crippen molar-refractivity contribution in [2.45, 2.75) is 24.9 Å². The lowest BCUT2D eigenvalue weighted by molar-refractivity contribution is -0.140. The maximum atomic E-state index is 11.6. The number of pyridine rings is 1. The predicted molar refractivity (Wildman–Crippen MR) is 126 cm³/mol. The molecule has 7 nitrogen and oxygen atoms in total. The fourth-order valence-corrected chi connectivity index (χ4v) is 4.43. The van der Waals surface area contributed by atoms with Gasteiger partial charge in [-0.25, -0.2) is 0 Å². The first-order chi connectivity index (χ1) is 15.6. The van der Waals surface area contributed by atoms with Crippen molar-refractivity contribution >= 4 is 23.3 Å². The number of benzene rings is 1. The van der Waals surface area contributed by atoms with Gasteiger partial charge < -0.3 is 24.3 Å². The van der Waals surface area contributed by atoms with E-state index in [0.717, 1.165) is 22.8 Å². The molecule has 3 aromatic rings. The Labute approximate surface area is 193 Å². The zero-order valence-electron chi connectivity index (χ0n) is 18.1. The molecule has 1 aliphatic rings. The number of methoxy groups -OCH3 is 2. The Hall–Kier alpha value is -3.39. The van der Waals surface area contributed by atoms with E-state index in [-0.39, 0.29) is 18.1 Å². The highest BCUT2D eigenvalue weighted by Gasteiger charge is 2.41. The van der Waals surface area contributed by atoms with Gasteiger partial charge in [-0.2, -0.15) is 0 Å². The summed E-state index contributed by atoms with van der Waals surface area (Å²) in [6, 6.07) is 17.7. The van der Waals surface area contributed by atoms with E-state index in [4.69, 9.17) is 21.7 Å². The quantitative estimate of drug-likeness (QED) is 0.413. The van der Waals surface area contributed by atoms with Crippen LogP contribution in [0, 0.1) is 0 Å². The number of nitrogens with one attached hydrogen (secondary N) is 1. The number of rotatable bonds is 8. The van der Waals surface area contributed by atoms with Crippen LogP contribution in [0.2, 0.25) is 0 Å². The molecule has 0 amide bonds. The Bertz CT molecular complexity index is 1090. The molecule has 0 bridgehead atoms. The maximum absolute atomic E-state index is 11.6. The van der Waals surface area contributed by atoms with E-state index in [9.17, 15) is 4.79 Å². The van der Waals surface area contributed by atoms with Crippen LogP contribution in [0.5, 0.6) is 5.75 Å². The van der Waals surface area contributed by atoms with E-state index >= 15 is 0 Å². The highest BCUT2D eigenvalue weighted by molar-refractivity contribution is 7.80. The van der Waals surface area contributed by atoms with Gasteiger partial charge in [0.2, 0.25) is 0 Å². The number of thiocarbonyl (C=S) groups is 1. The molecule has 32 heavy (non-hydrogen) atoms. The van der Waals surface area contributed by atoms with Crippen molar-refractivity contribution in [3.8, 4) is 11.4 Å². The van der Waals surface area contributed by atoms with Gasteiger partial charge in [0.25, 0.3) is 0 Å². The summed E-state index contributed by atoms with van der Waals surface area (Å²) in [4.78, 5) is 18.4. The number of ether oxygens (including phenoxy) is 2. The van der Waals surface area contributed by atoms with Crippen molar-refractivity contribution in [2.24, 2.45) is 0 Å². The minimum Gasteiger partial charge on any atom is -0.497 e. The highest BCUT2D eigenvalue weighted by atomic mass is 32.1. The van der Waals surface area contributed by atoms with Crippen molar-refractivity contribution in [3.05, 3.63) is 78.4 Å². The third-order valence-electron chi connectivity index (χ3n) is 5.62. The molecule has 4 rings (SSSR count). The second-order valence-electron chi connectivity index (χ2n) is 7.50. The Morgan fingerprint density at radius 3 is 2.78 bits per heavy atom. The zero-order valence-corrected chi connectivity index (χ0v) is 18.9. The Balaban J connectivity index is 1.72. The van der Waals surface area contributed by atoms with Crippen molar-refractivity contribution in [2.75, 3.05) is 20.8 Å². The average molecular weight is 451 g/mol. The molecule has 1 saturated heterocycles. The van der Waals surface area contributed by atoms with Gasteiger partial charge in [-0.15, -0.1) is 0 Å². The lowest BCUT2D eigenvalue weighted by atomic mass is 10.0. The first-order valence-corrected chi connectivity index (χ1v) is 10.9. The van der Waals surface area contributed by atoms with Crippen molar-refractivity contribution in [3.63, 3.8) is 0 Å². The van der Waals surface area contributed by atoms with Crippen LogP contribution in [0.15, 0.2) is 67.0 Å². The molecule has 1 aromatic carbocycles. The summed E-state index contributed by atoms with van der Waals surface area (Å²) in [5.74, 6) is 0.569. The molecule has 1 fully saturated rings. The summed E-state index contributed by atoms with van der Waals surface area (Å²) >= 11 is 5.72. The smallest absolute Gasteiger partial charge is 0.305 e. The standard InChI is InChI=1S/C24H26N4O3S/c1-30-18-9-5-8-17(16-18)27-14-6-11-20(27)23-22(19-10-3-4-13-25-19)26-24(32)28(23)15-7-12-21(29)31-2/h3-6,8-11,13-14,16,22-23H,7,12,15H2,1-2H3,(H,26,32)/t22-,23-/m1/s1. The minimum atomic E-state index is -0.222. The monoisotopic (exact) mass is 450 g/mol. The van der Waals surface area contributed by atoms with E-state index in [1.807, 2.05) is 54.7 Å². The maximum Gasteiger partial charge on any atom is 0.305 e. The summed E-state index contributed by atoms with van der Waals surface area (Å²) in [6.45, 7) is 0.623. The normalized spacial score (nSPS) is 17.8. The third-order valence-corrected chi connectivity index (χ3v) is 5.97. The molecule has 0 unspecified atom stereocenters. The molecule has 1 N–H and O–H groups in total. The van der Waals surface area contributed by atoms with E-state index in [2.05, 4.69) is 25.8 Å². The highest BCUT2D eigenvalue weighted by Crippen LogP contribution is 2.39. The summed E-state index contributed by atoms with van der Waals surface area (Å²) < 4.78 is 12.4. The summed E-state index contributed by atoms with van der Waals surface area (Å²) in [7, 11) is 3.07. The number of esters is 1. The number of nitrogens with zero attached hydrogens (tertiary/aromatic N) is 3. The van der Waals surface area contributed by atoms with Crippen molar-refractivity contribution in [1.29, 1.82) is 0 Å². The number of aromatic nitrogens is 2. The van der Waals surface area contributed by atoms with Crippen LogP contribution in [0.4, 0.5) is 0 Å². The second-order valence-corrected chi connectivity index (χ2v) is 7.89. The van der Waals surface area contributed by atoms with Gasteiger partial charge in [-0.05, 0) is 55.0 Å². The minimum absolute atomic E-state index is 0.101. The van der Waals surface area contributed by atoms with Crippen LogP contribution < -0.4 is 10.1 Å². The molecular formula is C24H26N4O3S. The third kappa shape index (κ3) is 4.45. The van der Waals surface area contributed by atoms with Gasteiger partial charge in [0.15, 0.2) is 5.11 Å². The SMILES string of the molecule is COC(=O)CCCN1C(=S)N[C@H](c2ccccn2)[C@H]1c1cccn1-c1cccc(OC)c1. The molecule has 0 aliphatic carbocycles. The number of carbonyl (C=O) groups excluding carboxylic acids is 1. The summed E-state index contributed by atoms with van der Waals surface area (Å²) in [5, 5.41) is 4.10. The lowest BCUT2D eigenvalue weighted by Crippen LogP contribution is -2.31. The van der Waals surface area contributed by atoms with Crippen molar-refractivity contribution in [1.82, 2.24) is 19.8 Å². The summed E-state index contributed by atoms with van der Waals surface area (Å²) in [6.07, 6.45) is 4.80. The van der Waals surface area contributed by atoms with E-state index in [1.165, 1.54) is 7.11 Å². The lowest BCUT2D eigenvalue weighted by Gasteiger charge is -2.29. The Morgan fingerprint density at radius 2 is 2.03 bits per heavy atom. The topological polar surface area (TPSA) is 68.6 Å². The number of carbonyl (C=O) groups is 1. The van der Waals surface area contributed by atoms with Crippen LogP contribution in [-0.2, 0) is 9.53 Å². The van der Waals surface area contributed by atoms with Gasteiger partial charge >= 0.3 is 5.97 Å². The molecule has 166 valence electrons. The zero-order chi connectivity index (χ0) is 22.5. The molecule has 3 heterocycles. The largest absolute Gasteiger partial charge is 0.497 e. The fourth-order valence-electron chi connectivity index (χ4n) is 4.09. The summed E-state index contributed by atoms with van der Waals surface area (Å²) in [5.41, 5.74) is 2.98. The van der Waals surface area contributed by atoms with Gasteiger partial charge in [0, 0.05) is 42.8 Å². The second kappa shape index (κ2) is 9.82. The van der Waals surface area contributed by atoms with E-state index in [1.54, 1.807) is 13.3 Å². The van der Waals surface area contributed by atoms with Gasteiger partial charge in [-0.3, -0.25) is 9.78 Å². The molecule has 0 radical (unpaired) electrons. The predicted octanol–water partition coefficient (Wildman–Crippen LogP) is 3.81. The average Bonchev–Trinajstić information content (AvgIpc) is 3.44. The molecule has 1 aliphatic heterocycles. The van der Waals surface area contributed by atoms with E-state index < -0.39 is 0 Å². The molecular weight excluding hydrogens is 424 g/mol. The molecule has 2 aromatic heterocycles. The Kier molecular flexibility index (Phi) is 6.70. The molecule has 2 atom stereocenters. The van der Waals surface area contributed by atoms with Gasteiger partial charge in [0.05, 0.1) is 32.0 Å². The molecule has 8 heteroatoms. The van der Waals surface area contributed by atoms with Gasteiger partial charge in [-0.1, -0.05) is 12.1 Å². The number of hydrogen-bond acceptors (Lipinski definition) is 5. The Morgan fingerprint density at radius 1 is 1.16 bits per heavy atom. The van der Waals surface area contributed by atoms with E-state index in [0.29, 0.717) is 24.5 Å². The first-order valence-electron chi connectivity index (χ1n) is 10.5. The van der Waals surface area contributed by atoms with Crippen LogP contribution in [0.3, 0.4) is 0 Å². The van der Waals surface area contributed by atoms with Gasteiger partial charge in [0.1, 0.15) is 5.75 Å². The van der Waals surface area contributed by atoms with Crippen molar-refractivity contribution < 1.29 is 14.3 Å². The van der Waals surface area contributed by atoms with Crippen LogP contribution in [-0.4, -0.2) is 46.3 Å². The molecule has 0 spiro atoms. The van der Waals surface area contributed by atoms with Crippen LogP contribution >= 0.6 is 12.2 Å². The molecule has 0 saturated carbocycles. The van der Waals surface area contributed by atoms with Crippen LogP contribution in [0.25, 0.3) is 5.69 Å².